The van der Waals surface area contributed by atoms with Crippen LogP contribution in [0.4, 0.5) is 5.69 Å². The number of halogens is 1. The number of guanidine groups is 1. The first kappa shape index (κ1) is 22.4. The van der Waals surface area contributed by atoms with Gasteiger partial charge in [-0.25, -0.2) is 0 Å². The third-order valence-electron chi connectivity index (χ3n) is 4.61. The molecule has 2 aromatic rings. The summed E-state index contributed by atoms with van der Waals surface area (Å²) >= 11 is 3.86. The lowest BCUT2D eigenvalue weighted by Crippen LogP contribution is -2.39. The van der Waals surface area contributed by atoms with Gasteiger partial charge in [-0.3, -0.25) is 4.99 Å². The molecule has 0 saturated carbocycles. The first-order valence-corrected chi connectivity index (χ1v) is 11.2. The minimum absolute atomic E-state index is 0. The first-order valence-electron chi connectivity index (χ1n) is 9.12. The van der Waals surface area contributed by atoms with Crippen molar-refractivity contribution in [2.45, 2.75) is 13.0 Å². The highest BCUT2D eigenvalue weighted by atomic mass is 127. The summed E-state index contributed by atoms with van der Waals surface area (Å²) in [6.45, 7) is 4.08. The van der Waals surface area contributed by atoms with Crippen LogP contribution in [0.5, 0.6) is 0 Å². The van der Waals surface area contributed by atoms with Crippen LogP contribution in [0.3, 0.4) is 0 Å². The molecule has 7 heteroatoms. The molecule has 4 nitrogen and oxygen atoms in total. The maximum Gasteiger partial charge on any atom is 0.193 e. The van der Waals surface area contributed by atoms with Crippen molar-refractivity contribution in [3.8, 4) is 0 Å². The van der Waals surface area contributed by atoms with Crippen LogP contribution < -0.4 is 10.2 Å². The third kappa shape index (κ3) is 6.87. The Labute approximate surface area is 188 Å². The highest BCUT2D eigenvalue weighted by Crippen LogP contribution is 2.19. The fourth-order valence-corrected chi connectivity index (χ4v) is 4.65. The number of aliphatic imine (C=N–C) groups is 1. The molecule has 1 aromatic heterocycles. The van der Waals surface area contributed by atoms with E-state index < -0.39 is 0 Å². The molecule has 1 saturated heterocycles. The van der Waals surface area contributed by atoms with Crippen LogP contribution in [0.15, 0.2) is 46.8 Å². The largest absolute Gasteiger partial charge is 0.370 e. The van der Waals surface area contributed by atoms with Crippen molar-refractivity contribution < 1.29 is 0 Å². The standard InChI is InChI=1S/C20H28N4S2.HI/c1-21-20(23(2)10-9-19-4-3-13-26-19)22-16-17-5-7-18(8-6-17)24-11-14-25-15-12-24;/h3-8,13H,9-12,14-16H2,1-2H3,(H,21,22);1H. The summed E-state index contributed by atoms with van der Waals surface area (Å²) in [7, 11) is 3.95. The SMILES string of the molecule is CN=C(NCc1ccc(N2CCSCC2)cc1)N(C)CCc1cccs1.I. The van der Waals surface area contributed by atoms with Crippen LogP contribution in [-0.4, -0.2) is 56.1 Å². The second kappa shape index (κ2) is 11.8. The molecular formula is C20H29IN4S2. The lowest BCUT2D eigenvalue weighted by atomic mass is 10.2. The highest BCUT2D eigenvalue weighted by molar-refractivity contribution is 14.0. The van der Waals surface area contributed by atoms with E-state index in [4.69, 9.17) is 0 Å². The summed E-state index contributed by atoms with van der Waals surface area (Å²) in [5, 5.41) is 5.61. The van der Waals surface area contributed by atoms with Crippen molar-refractivity contribution >= 4 is 58.7 Å². The molecule has 1 N–H and O–H groups in total. The Hall–Kier alpha value is -0.930. The number of nitrogens with one attached hydrogen (secondary N) is 1. The van der Waals surface area contributed by atoms with Crippen LogP contribution in [0.2, 0.25) is 0 Å². The Morgan fingerprint density at radius 2 is 1.93 bits per heavy atom. The van der Waals surface area contributed by atoms with Gasteiger partial charge in [0, 0.05) is 62.3 Å². The predicted molar refractivity (Wildman–Crippen MR) is 132 cm³/mol. The van der Waals surface area contributed by atoms with Crippen molar-refractivity contribution in [2.24, 2.45) is 4.99 Å². The number of thioether (sulfide) groups is 1. The monoisotopic (exact) mass is 516 g/mol. The Bertz CT molecular complexity index is 683. The molecular weight excluding hydrogens is 487 g/mol. The zero-order chi connectivity index (χ0) is 18.2. The van der Waals surface area contributed by atoms with E-state index in [0.717, 1.165) is 38.6 Å². The van der Waals surface area contributed by atoms with Crippen LogP contribution in [0, 0.1) is 0 Å². The summed E-state index contributed by atoms with van der Waals surface area (Å²) in [5.74, 6) is 3.41. The third-order valence-corrected chi connectivity index (χ3v) is 6.49. The molecule has 0 spiro atoms. The van der Waals surface area contributed by atoms with Crippen LogP contribution in [0.25, 0.3) is 0 Å². The van der Waals surface area contributed by atoms with Crippen LogP contribution in [0.1, 0.15) is 10.4 Å². The van der Waals surface area contributed by atoms with E-state index in [1.165, 1.54) is 27.6 Å². The van der Waals surface area contributed by atoms with E-state index in [2.05, 4.69) is 68.9 Å². The van der Waals surface area contributed by atoms with Crippen molar-refractivity contribution in [3.63, 3.8) is 0 Å². The molecule has 3 rings (SSSR count). The van der Waals surface area contributed by atoms with E-state index in [-0.39, 0.29) is 24.0 Å². The number of anilines is 1. The molecule has 0 aliphatic carbocycles. The Morgan fingerprint density at radius 3 is 2.56 bits per heavy atom. The number of hydrogen-bond donors (Lipinski definition) is 1. The van der Waals surface area contributed by atoms with Gasteiger partial charge in [0.15, 0.2) is 5.96 Å². The number of thiophene rings is 1. The summed E-state index contributed by atoms with van der Waals surface area (Å²) in [4.78, 5) is 10.5. The van der Waals surface area contributed by atoms with E-state index >= 15 is 0 Å². The minimum atomic E-state index is 0. The predicted octanol–water partition coefficient (Wildman–Crippen LogP) is 4.17. The second-order valence-electron chi connectivity index (χ2n) is 6.42. The first-order chi connectivity index (χ1) is 12.8. The molecule has 0 atom stereocenters. The van der Waals surface area contributed by atoms with Gasteiger partial charge in [-0.15, -0.1) is 35.3 Å². The minimum Gasteiger partial charge on any atom is -0.370 e. The number of rotatable bonds is 6. The van der Waals surface area contributed by atoms with Crippen LogP contribution >= 0.6 is 47.1 Å². The second-order valence-corrected chi connectivity index (χ2v) is 8.67. The Balaban J connectivity index is 0.00000261. The summed E-state index contributed by atoms with van der Waals surface area (Å²) in [6, 6.07) is 13.2. The fourth-order valence-electron chi connectivity index (χ4n) is 3.05. The molecule has 0 amide bonds. The number of likely N-dealkylation sites (N-methyl/N-ethyl adjacent to an activating group) is 1. The van der Waals surface area contributed by atoms with E-state index in [1.54, 1.807) is 0 Å². The van der Waals surface area contributed by atoms with Gasteiger partial charge in [-0.05, 0) is 35.6 Å². The van der Waals surface area contributed by atoms with Gasteiger partial charge in [0.05, 0.1) is 0 Å². The summed E-state index contributed by atoms with van der Waals surface area (Å²) in [6.07, 6.45) is 1.05. The van der Waals surface area contributed by atoms with Gasteiger partial charge in [0.25, 0.3) is 0 Å². The maximum atomic E-state index is 4.42. The number of hydrogen-bond acceptors (Lipinski definition) is 4. The zero-order valence-electron chi connectivity index (χ0n) is 16.1. The van der Waals surface area contributed by atoms with Crippen molar-refractivity contribution in [2.75, 3.05) is 50.1 Å². The molecule has 1 fully saturated rings. The number of benzene rings is 1. The summed E-state index contributed by atoms with van der Waals surface area (Å²) < 4.78 is 0. The van der Waals surface area contributed by atoms with E-state index in [9.17, 15) is 0 Å². The molecule has 1 aromatic carbocycles. The molecule has 2 heterocycles. The Morgan fingerprint density at radius 1 is 1.19 bits per heavy atom. The maximum absolute atomic E-state index is 4.42. The van der Waals surface area contributed by atoms with Gasteiger partial charge in [-0.1, -0.05) is 18.2 Å². The van der Waals surface area contributed by atoms with E-state index in [0.29, 0.717) is 0 Å². The molecule has 0 bridgehead atoms. The highest BCUT2D eigenvalue weighted by Gasteiger charge is 2.11. The van der Waals surface area contributed by atoms with Crippen LogP contribution in [-0.2, 0) is 13.0 Å². The van der Waals surface area contributed by atoms with Gasteiger partial charge >= 0.3 is 0 Å². The lowest BCUT2D eigenvalue weighted by Gasteiger charge is -2.28. The Kier molecular flexibility index (Phi) is 9.78. The molecule has 1 aliphatic heterocycles. The van der Waals surface area contributed by atoms with Gasteiger partial charge in [0.2, 0.25) is 0 Å². The molecule has 1 aliphatic rings. The van der Waals surface area contributed by atoms with Crippen molar-refractivity contribution in [1.82, 2.24) is 10.2 Å². The average molecular weight is 517 g/mol. The fraction of sp³-hybridized carbons (Fsp3) is 0.450. The number of nitrogens with zero attached hydrogens (tertiary/aromatic N) is 3. The summed E-state index contributed by atoms with van der Waals surface area (Å²) in [5.41, 5.74) is 2.62. The lowest BCUT2D eigenvalue weighted by molar-refractivity contribution is 0.486. The smallest absolute Gasteiger partial charge is 0.193 e. The zero-order valence-corrected chi connectivity index (χ0v) is 20.0. The van der Waals surface area contributed by atoms with Gasteiger partial charge < -0.3 is 15.1 Å². The molecule has 148 valence electrons. The van der Waals surface area contributed by atoms with Crippen molar-refractivity contribution in [1.29, 1.82) is 0 Å². The molecule has 0 unspecified atom stereocenters. The quantitative estimate of drug-likeness (QED) is 0.355. The van der Waals surface area contributed by atoms with E-state index in [1.807, 2.05) is 30.1 Å². The van der Waals surface area contributed by atoms with Gasteiger partial charge in [-0.2, -0.15) is 11.8 Å². The molecule has 0 radical (unpaired) electrons. The van der Waals surface area contributed by atoms with Crippen molar-refractivity contribution in [3.05, 3.63) is 52.2 Å². The topological polar surface area (TPSA) is 30.9 Å². The average Bonchev–Trinajstić information content (AvgIpc) is 3.22. The normalized spacial score (nSPS) is 14.6. The van der Waals surface area contributed by atoms with Gasteiger partial charge in [0.1, 0.15) is 0 Å². The molecule has 27 heavy (non-hydrogen) atoms.